The van der Waals surface area contributed by atoms with Gasteiger partial charge in [-0.25, -0.2) is 0 Å². The van der Waals surface area contributed by atoms with E-state index in [2.05, 4.69) is 5.32 Å². The van der Waals surface area contributed by atoms with Crippen LogP contribution in [0.3, 0.4) is 0 Å². The molecule has 5 nitrogen and oxygen atoms in total. The number of benzene rings is 2. The van der Waals surface area contributed by atoms with Gasteiger partial charge in [0.25, 0.3) is 0 Å². The Hall–Kier alpha value is -2.11. The fourth-order valence-corrected chi connectivity index (χ4v) is 2.21. The van der Waals surface area contributed by atoms with Crippen LogP contribution >= 0.6 is 0 Å². The van der Waals surface area contributed by atoms with Gasteiger partial charge >= 0.3 is 0 Å². The van der Waals surface area contributed by atoms with Crippen molar-refractivity contribution in [3.63, 3.8) is 0 Å². The van der Waals surface area contributed by atoms with Gasteiger partial charge in [-0.1, -0.05) is 18.2 Å². The van der Waals surface area contributed by atoms with Gasteiger partial charge in [-0.05, 0) is 41.0 Å². The van der Waals surface area contributed by atoms with Crippen LogP contribution in [-0.4, -0.2) is 33.9 Å². The van der Waals surface area contributed by atoms with Crippen molar-refractivity contribution in [2.75, 3.05) is 6.54 Å². The second-order valence-electron chi connectivity index (χ2n) is 5.07. The lowest BCUT2D eigenvalue weighted by atomic mass is 9.99. The molecule has 4 N–H and O–H groups in total. The van der Waals surface area contributed by atoms with Crippen molar-refractivity contribution in [1.82, 2.24) is 5.32 Å². The van der Waals surface area contributed by atoms with Gasteiger partial charge in [0.05, 0.1) is 6.10 Å². The maximum atomic E-state index is 10.8. The van der Waals surface area contributed by atoms with Crippen molar-refractivity contribution in [3.8, 4) is 5.75 Å². The van der Waals surface area contributed by atoms with Crippen LogP contribution in [-0.2, 0) is 4.79 Å². The molecular weight excluding hydrogens is 270 g/mol. The lowest BCUT2D eigenvalue weighted by molar-refractivity contribution is -0.119. The number of carbonyl (C=O) groups is 1. The normalized spacial score (nSPS) is 13.9. The summed E-state index contributed by atoms with van der Waals surface area (Å²) < 4.78 is 0. The van der Waals surface area contributed by atoms with E-state index in [1.807, 2.05) is 0 Å². The van der Waals surface area contributed by atoms with Crippen molar-refractivity contribution >= 4 is 16.7 Å². The highest BCUT2D eigenvalue weighted by molar-refractivity contribution is 5.84. The Morgan fingerprint density at radius 3 is 2.52 bits per heavy atom. The van der Waals surface area contributed by atoms with E-state index >= 15 is 0 Å². The molecule has 2 unspecified atom stereocenters. The van der Waals surface area contributed by atoms with Crippen molar-refractivity contribution in [3.05, 3.63) is 42.0 Å². The molecule has 0 aliphatic rings. The molecule has 1 amide bonds. The Kier molecular flexibility index (Phi) is 4.77. The molecule has 2 rings (SSSR count). The van der Waals surface area contributed by atoms with Crippen LogP contribution < -0.4 is 5.32 Å². The van der Waals surface area contributed by atoms with Crippen LogP contribution in [0.5, 0.6) is 5.75 Å². The van der Waals surface area contributed by atoms with Crippen molar-refractivity contribution < 1.29 is 20.1 Å². The summed E-state index contributed by atoms with van der Waals surface area (Å²) >= 11 is 0. The Morgan fingerprint density at radius 1 is 1.14 bits per heavy atom. The van der Waals surface area contributed by atoms with Crippen LogP contribution in [0.4, 0.5) is 0 Å². The predicted molar refractivity (Wildman–Crippen MR) is 79.9 cm³/mol. The summed E-state index contributed by atoms with van der Waals surface area (Å²) in [5.41, 5.74) is 0.600. The SMILES string of the molecule is CC(=O)NCCC(O)C(O)c1ccc2cc(O)ccc2c1. The number of phenols is 1. The van der Waals surface area contributed by atoms with Gasteiger partial charge in [0.2, 0.25) is 5.91 Å². The maximum Gasteiger partial charge on any atom is 0.216 e. The van der Waals surface area contributed by atoms with E-state index in [9.17, 15) is 20.1 Å². The van der Waals surface area contributed by atoms with Gasteiger partial charge in [0.1, 0.15) is 11.9 Å². The van der Waals surface area contributed by atoms with E-state index in [0.29, 0.717) is 12.1 Å². The second kappa shape index (κ2) is 6.56. The number of aliphatic hydroxyl groups excluding tert-OH is 2. The molecule has 112 valence electrons. The summed E-state index contributed by atoms with van der Waals surface area (Å²) in [6.45, 7) is 1.72. The minimum absolute atomic E-state index is 0.165. The summed E-state index contributed by atoms with van der Waals surface area (Å²) in [6.07, 6.45) is -1.70. The summed E-state index contributed by atoms with van der Waals surface area (Å²) in [5, 5.41) is 33.8. The first kappa shape index (κ1) is 15.3. The van der Waals surface area contributed by atoms with E-state index in [0.717, 1.165) is 10.8 Å². The van der Waals surface area contributed by atoms with Crippen molar-refractivity contribution in [2.24, 2.45) is 0 Å². The van der Waals surface area contributed by atoms with Gasteiger partial charge in [0.15, 0.2) is 0 Å². The molecular formula is C16H19NO4. The smallest absolute Gasteiger partial charge is 0.216 e. The van der Waals surface area contributed by atoms with Gasteiger partial charge in [-0.2, -0.15) is 0 Å². The highest BCUT2D eigenvalue weighted by Crippen LogP contribution is 2.25. The van der Waals surface area contributed by atoms with Crippen LogP contribution in [0.2, 0.25) is 0 Å². The largest absolute Gasteiger partial charge is 0.508 e. The van der Waals surface area contributed by atoms with E-state index in [1.165, 1.54) is 6.92 Å². The number of aromatic hydroxyl groups is 1. The molecule has 2 aromatic rings. The Labute approximate surface area is 122 Å². The minimum Gasteiger partial charge on any atom is -0.508 e. The number of fused-ring (bicyclic) bond motifs is 1. The van der Waals surface area contributed by atoms with E-state index in [4.69, 9.17) is 0 Å². The molecule has 5 heteroatoms. The average molecular weight is 289 g/mol. The molecule has 0 aliphatic carbocycles. The first-order valence-corrected chi connectivity index (χ1v) is 6.80. The zero-order chi connectivity index (χ0) is 15.4. The van der Waals surface area contributed by atoms with E-state index < -0.39 is 12.2 Å². The van der Waals surface area contributed by atoms with Crippen LogP contribution in [0.15, 0.2) is 36.4 Å². The zero-order valence-electron chi connectivity index (χ0n) is 11.8. The molecule has 21 heavy (non-hydrogen) atoms. The quantitative estimate of drug-likeness (QED) is 0.671. The number of phenolic OH excluding ortho intramolecular Hbond substituents is 1. The zero-order valence-corrected chi connectivity index (χ0v) is 11.8. The van der Waals surface area contributed by atoms with Crippen LogP contribution in [0.1, 0.15) is 25.0 Å². The highest BCUT2D eigenvalue weighted by atomic mass is 16.3. The summed E-state index contributed by atoms with van der Waals surface area (Å²) in [7, 11) is 0. The molecule has 2 atom stereocenters. The van der Waals surface area contributed by atoms with Gasteiger partial charge in [0, 0.05) is 13.5 Å². The van der Waals surface area contributed by atoms with Crippen molar-refractivity contribution in [1.29, 1.82) is 0 Å². The third-order valence-electron chi connectivity index (χ3n) is 3.37. The third-order valence-corrected chi connectivity index (χ3v) is 3.37. The lowest BCUT2D eigenvalue weighted by Gasteiger charge is -2.18. The molecule has 0 aromatic heterocycles. The van der Waals surface area contributed by atoms with Gasteiger partial charge < -0.3 is 20.6 Å². The first-order chi connectivity index (χ1) is 9.97. The third kappa shape index (κ3) is 3.93. The summed E-state index contributed by atoms with van der Waals surface area (Å²) in [5.74, 6) is 0.0216. The number of nitrogens with one attached hydrogen (secondary N) is 1. The minimum atomic E-state index is -1.02. The first-order valence-electron chi connectivity index (χ1n) is 6.80. The van der Waals surface area contributed by atoms with Crippen LogP contribution in [0.25, 0.3) is 10.8 Å². The standard InChI is InChI=1S/C16H19NO4/c1-10(18)17-7-6-15(20)16(21)13-3-2-12-9-14(19)5-4-11(12)8-13/h2-5,8-9,15-16,19-21H,6-7H2,1H3,(H,17,18). The predicted octanol–water partition coefficient (Wildman–Crippen LogP) is 1.47. The van der Waals surface area contributed by atoms with Gasteiger partial charge in [-0.15, -0.1) is 0 Å². The Balaban J connectivity index is 2.09. The highest BCUT2D eigenvalue weighted by Gasteiger charge is 2.18. The molecule has 0 fully saturated rings. The number of hydrogen-bond acceptors (Lipinski definition) is 4. The number of hydrogen-bond donors (Lipinski definition) is 4. The number of aliphatic hydroxyl groups is 2. The lowest BCUT2D eigenvalue weighted by Crippen LogP contribution is -2.27. The number of rotatable bonds is 5. The van der Waals surface area contributed by atoms with E-state index in [-0.39, 0.29) is 18.1 Å². The topological polar surface area (TPSA) is 89.8 Å². The van der Waals surface area contributed by atoms with Crippen molar-refractivity contribution in [2.45, 2.75) is 25.6 Å². The molecule has 0 bridgehead atoms. The molecule has 0 saturated heterocycles. The summed E-state index contributed by atoms with van der Waals surface area (Å²) in [4.78, 5) is 10.8. The summed E-state index contributed by atoms with van der Waals surface area (Å²) in [6, 6.07) is 10.2. The van der Waals surface area contributed by atoms with Gasteiger partial charge in [-0.3, -0.25) is 4.79 Å². The number of carbonyl (C=O) groups excluding carboxylic acids is 1. The molecule has 0 aliphatic heterocycles. The fourth-order valence-electron chi connectivity index (χ4n) is 2.21. The second-order valence-corrected chi connectivity index (χ2v) is 5.07. The maximum absolute atomic E-state index is 10.8. The molecule has 0 spiro atoms. The Bertz CT molecular complexity index is 641. The number of amides is 1. The Morgan fingerprint density at radius 2 is 1.81 bits per heavy atom. The fraction of sp³-hybridized carbons (Fsp3) is 0.312. The molecule has 2 aromatic carbocycles. The van der Waals surface area contributed by atoms with Crippen LogP contribution in [0, 0.1) is 0 Å². The molecule has 0 heterocycles. The molecule has 0 saturated carbocycles. The average Bonchev–Trinajstić information content (AvgIpc) is 2.45. The molecule has 0 radical (unpaired) electrons. The van der Waals surface area contributed by atoms with E-state index in [1.54, 1.807) is 36.4 Å². The monoisotopic (exact) mass is 289 g/mol.